The molecule has 3 saturated carbocycles. The molecule has 0 bridgehead atoms. The van der Waals surface area contributed by atoms with Gasteiger partial charge in [-0.05, 0) is 111 Å². The van der Waals surface area contributed by atoms with Gasteiger partial charge in [0.2, 0.25) is 0 Å². The predicted molar refractivity (Wildman–Crippen MR) is 259 cm³/mol. The van der Waals surface area contributed by atoms with Crippen LogP contribution in [0.3, 0.4) is 0 Å². The van der Waals surface area contributed by atoms with Gasteiger partial charge in [-0.2, -0.15) is 0 Å². The minimum Gasteiger partial charge on any atom is -0.458 e. The SMILES string of the molecule is C/C=C(\C)C(=O)O[C@@H]1C[C@H]2[C@@H](CC=C3C[C@@H](O[C@H]4C[C@H](OC)[C@H](O[C@H]5C[C@@H](OC)[C@H](O[C@@H]6O[C@H](C)[C@@H](O[C@@H]7O[C@H](C)[C@@H](O)[C@H](OC)[C@H]7O)[C@H](OC)[C@H]6O)[C@@H](C)O5)[C@@H](C)O4)CC[C@@]32C)[C@@]2(O)CC[C@H](C(C)=O)[C@@]12C. The molecular formula is C54H86O19. The van der Waals surface area contributed by atoms with E-state index in [1.54, 1.807) is 54.9 Å². The zero-order valence-electron chi connectivity index (χ0n) is 45.2. The van der Waals surface area contributed by atoms with E-state index in [1.165, 1.54) is 19.8 Å². The number of hydrogen-bond donors (Lipinski definition) is 4. The molecule has 26 atom stereocenters. The van der Waals surface area contributed by atoms with Gasteiger partial charge in [-0.25, -0.2) is 4.79 Å². The highest BCUT2D eigenvalue weighted by atomic mass is 16.8. The second kappa shape index (κ2) is 22.8. The summed E-state index contributed by atoms with van der Waals surface area (Å²) in [4.78, 5) is 26.5. The van der Waals surface area contributed by atoms with Gasteiger partial charge in [0.05, 0.1) is 48.3 Å². The van der Waals surface area contributed by atoms with Crippen LogP contribution in [-0.4, -0.2) is 189 Å². The lowest BCUT2D eigenvalue weighted by molar-refractivity contribution is -0.372. The van der Waals surface area contributed by atoms with E-state index in [0.29, 0.717) is 44.1 Å². The Kier molecular flexibility index (Phi) is 17.8. The molecule has 4 aliphatic heterocycles. The number of ketones is 1. The van der Waals surface area contributed by atoms with Crippen molar-refractivity contribution in [3.8, 4) is 0 Å². The summed E-state index contributed by atoms with van der Waals surface area (Å²) >= 11 is 0. The Morgan fingerprint density at radius 2 is 1.22 bits per heavy atom. The van der Waals surface area contributed by atoms with Crippen molar-refractivity contribution in [1.82, 2.24) is 0 Å². The van der Waals surface area contributed by atoms with Gasteiger partial charge in [-0.1, -0.05) is 31.6 Å². The maximum atomic E-state index is 13.4. The van der Waals surface area contributed by atoms with Crippen molar-refractivity contribution in [2.75, 3.05) is 28.4 Å². The van der Waals surface area contributed by atoms with E-state index in [9.17, 15) is 30.0 Å². The minimum absolute atomic E-state index is 0.0301. The Morgan fingerprint density at radius 3 is 1.81 bits per heavy atom. The standard InChI is InChI=1S/C54H86O19/c1-14-25(2)49(59)70-38-22-35-34(54(60)20-18-33(26(3)55)53(38,54)9)16-15-31-21-32(17-19-52(31,35)8)69-39-23-36(61-10)44(28(5)65-39)71-40-24-37(62-11)45(29(6)66-40)72-51-43(58)48(64-13)46(30(7)68-51)73-50-42(57)47(63-12)41(56)27(4)67-50/h14-15,27-30,32-48,50-51,56-58,60H,16-24H2,1-13H3/b25-14+/t27-,28-,29-,30-,32+,33-,34-,35+,36+,37-,38-,39+,40+,41-,42-,43-,44-,45-,46-,47+,48-,50+,51+,52+,53+,54+/m1/s1. The van der Waals surface area contributed by atoms with Crippen molar-refractivity contribution in [3.63, 3.8) is 0 Å². The molecular weight excluding hydrogens is 953 g/mol. The molecule has 7 fully saturated rings. The van der Waals surface area contributed by atoms with E-state index in [-0.39, 0.29) is 41.7 Å². The predicted octanol–water partition coefficient (Wildman–Crippen LogP) is 4.20. The number of allylic oxidation sites excluding steroid dienone is 2. The Labute approximate surface area is 431 Å². The van der Waals surface area contributed by atoms with Crippen molar-refractivity contribution < 1.29 is 91.6 Å². The summed E-state index contributed by atoms with van der Waals surface area (Å²) in [6.45, 7) is 16.6. The summed E-state index contributed by atoms with van der Waals surface area (Å²) in [5, 5.41) is 45.8. The van der Waals surface area contributed by atoms with Crippen LogP contribution in [0.4, 0.5) is 0 Å². The van der Waals surface area contributed by atoms with Crippen molar-refractivity contribution in [2.45, 2.75) is 249 Å². The number of Topliss-reactive ketones (excluding diaryl/α,β-unsaturated/α-hetero) is 1. The lowest BCUT2D eigenvalue weighted by Gasteiger charge is -2.63. The van der Waals surface area contributed by atoms with Gasteiger partial charge in [0.1, 0.15) is 60.7 Å². The second-order valence-electron chi connectivity index (χ2n) is 22.8. The van der Waals surface area contributed by atoms with Gasteiger partial charge in [-0.3, -0.25) is 4.79 Å². The number of carbonyl (C=O) groups excluding carboxylic acids is 2. The molecule has 8 rings (SSSR count). The Morgan fingerprint density at radius 1 is 0.658 bits per heavy atom. The van der Waals surface area contributed by atoms with Crippen LogP contribution in [0.2, 0.25) is 0 Å². The fraction of sp³-hybridized carbons (Fsp3) is 0.889. The highest BCUT2D eigenvalue weighted by Crippen LogP contribution is 2.68. The number of carbonyl (C=O) groups is 2. The monoisotopic (exact) mass is 1040 g/mol. The molecule has 0 radical (unpaired) electrons. The topological polar surface area (TPSA) is 235 Å². The summed E-state index contributed by atoms with van der Waals surface area (Å²) in [6.07, 6.45) is -6.01. The number of hydrogen-bond acceptors (Lipinski definition) is 19. The van der Waals surface area contributed by atoms with Gasteiger partial charge in [0, 0.05) is 58.2 Å². The van der Waals surface area contributed by atoms with Crippen LogP contribution >= 0.6 is 0 Å². The van der Waals surface area contributed by atoms with E-state index in [0.717, 1.165) is 12.8 Å². The number of fused-ring (bicyclic) bond motifs is 5. The van der Waals surface area contributed by atoms with Crippen LogP contribution in [0.25, 0.3) is 0 Å². The first kappa shape index (κ1) is 57.2. The largest absolute Gasteiger partial charge is 0.458 e. The number of aliphatic hydroxyl groups is 4. The third-order valence-electron chi connectivity index (χ3n) is 19.0. The van der Waals surface area contributed by atoms with Crippen LogP contribution in [0, 0.1) is 28.6 Å². The quantitative estimate of drug-likeness (QED) is 0.102. The van der Waals surface area contributed by atoms with E-state index in [2.05, 4.69) is 13.0 Å². The molecule has 0 aromatic carbocycles. The van der Waals surface area contributed by atoms with E-state index < -0.39 is 134 Å². The first-order valence-corrected chi connectivity index (χ1v) is 26.7. The Hall–Kier alpha value is -2.02. The first-order valence-electron chi connectivity index (χ1n) is 26.7. The van der Waals surface area contributed by atoms with Gasteiger partial charge in [-0.15, -0.1) is 0 Å². The summed E-state index contributed by atoms with van der Waals surface area (Å²) in [7, 11) is 6.05. The number of esters is 1. The second-order valence-corrected chi connectivity index (χ2v) is 22.8. The van der Waals surface area contributed by atoms with Crippen LogP contribution in [0.15, 0.2) is 23.3 Å². The summed E-state index contributed by atoms with van der Waals surface area (Å²) < 4.78 is 80.5. The summed E-state index contributed by atoms with van der Waals surface area (Å²) in [5.41, 5.74) is -0.520. The number of rotatable bonds is 15. The molecule has 0 aromatic heterocycles. The lowest BCUT2D eigenvalue weighted by Crippen LogP contribution is -2.66. The average Bonchev–Trinajstić information content (AvgIpc) is 3.65. The molecule has 0 aromatic rings. The Bertz CT molecular complexity index is 1990. The van der Waals surface area contributed by atoms with Gasteiger partial charge in [0.25, 0.3) is 0 Å². The molecule has 4 saturated heterocycles. The van der Waals surface area contributed by atoms with E-state index >= 15 is 0 Å². The maximum absolute atomic E-state index is 13.4. The number of ether oxygens (including phenoxy) is 13. The van der Waals surface area contributed by atoms with Gasteiger partial charge < -0.3 is 82.0 Å². The molecule has 0 spiro atoms. The molecule has 4 aliphatic carbocycles. The molecule has 4 N–H and O–H groups in total. The molecule has 19 nitrogen and oxygen atoms in total. The number of methoxy groups -OCH3 is 4. The molecule has 4 heterocycles. The zero-order chi connectivity index (χ0) is 53.1. The maximum Gasteiger partial charge on any atom is 0.333 e. The van der Waals surface area contributed by atoms with Crippen molar-refractivity contribution in [2.24, 2.45) is 28.6 Å². The average molecular weight is 1040 g/mol. The normalized spacial score (nSPS) is 50.3. The fourth-order valence-corrected chi connectivity index (χ4v) is 14.5. The minimum atomic E-state index is -1.33. The molecule has 416 valence electrons. The van der Waals surface area contributed by atoms with E-state index in [4.69, 9.17) is 61.6 Å². The van der Waals surface area contributed by atoms with Gasteiger partial charge >= 0.3 is 5.97 Å². The fourth-order valence-electron chi connectivity index (χ4n) is 14.5. The van der Waals surface area contributed by atoms with Crippen LogP contribution in [0.1, 0.15) is 120 Å². The molecule has 73 heavy (non-hydrogen) atoms. The summed E-state index contributed by atoms with van der Waals surface area (Å²) in [6, 6.07) is 0. The third-order valence-corrected chi connectivity index (χ3v) is 19.0. The molecule has 0 unspecified atom stereocenters. The molecule has 0 amide bonds. The van der Waals surface area contributed by atoms with Crippen LogP contribution in [0.5, 0.6) is 0 Å². The zero-order valence-corrected chi connectivity index (χ0v) is 45.2. The number of aliphatic hydroxyl groups excluding tert-OH is 3. The first-order chi connectivity index (χ1) is 34.6. The molecule has 8 aliphatic rings. The van der Waals surface area contributed by atoms with Gasteiger partial charge in [0.15, 0.2) is 25.2 Å². The lowest BCUT2D eigenvalue weighted by atomic mass is 9.45. The van der Waals surface area contributed by atoms with E-state index in [1.807, 2.05) is 20.8 Å². The summed E-state index contributed by atoms with van der Waals surface area (Å²) in [5.74, 6) is -0.796. The highest BCUT2D eigenvalue weighted by molar-refractivity contribution is 5.88. The van der Waals surface area contributed by atoms with Crippen molar-refractivity contribution in [1.29, 1.82) is 0 Å². The van der Waals surface area contributed by atoms with Crippen molar-refractivity contribution >= 4 is 11.8 Å². The van der Waals surface area contributed by atoms with Crippen molar-refractivity contribution in [3.05, 3.63) is 23.3 Å². The smallest absolute Gasteiger partial charge is 0.333 e. The van der Waals surface area contributed by atoms with Crippen LogP contribution in [-0.2, 0) is 71.2 Å². The molecule has 19 heteroatoms. The van der Waals surface area contributed by atoms with Crippen LogP contribution < -0.4 is 0 Å². The highest BCUT2D eigenvalue weighted by Gasteiger charge is 2.71. The third kappa shape index (κ3) is 10.4. The Balaban J connectivity index is 0.866.